The molecule has 9 heteroatoms. The largest absolute Gasteiger partial charge is 0.492 e. The second-order valence-electron chi connectivity index (χ2n) is 7.85. The van der Waals surface area contributed by atoms with E-state index in [0.717, 1.165) is 28.8 Å². The number of ether oxygens (including phenoxy) is 1. The van der Waals surface area contributed by atoms with Crippen LogP contribution in [0.4, 0.5) is 11.4 Å². The van der Waals surface area contributed by atoms with E-state index in [9.17, 15) is 14.9 Å². The minimum Gasteiger partial charge on any atom is -0.492 e. The van der Waals surface area contributed by atoms with Gasteiger partial charge in [0.2, 0.25) is 0 Å². The molecule has 4 rings (SSSR count). The highest BCUT2D eigenvalue weighted by Gasteiger charge is 2.34. The Morgan fingerprint density at radius 1 is 1.29 bits per heavy atom. The lowest BCUT2D eigenvalue weighted by molar-refractivity contribution is -0.384. The lowest BCUT2D eigenvalue weighted by Gasteiger charge is -2.16. The van der Waals surface area contributed by atoms with Crippen LogP contribution in [0.1, 0.15) is 22.0 Å². The maximum atomic E-state index is 13.3. The SMILES string of the molecule is CN(C)CCOc1ccc2[nH]c(C(=O)N3CC(CCl)c4ccc([N+](=O)[O-])cc43)cc2c1. The van der Waals surface area contributed by atoms with Crippen molar-refractivity contribution in [2.45, 2.75) is 5.92 Å². The first-order chi connectivity index (χ1) is 14.9. The second kappa shape index (κ2) is 8.56. The molecule has 0 aliphatic carbocycles. The van der Waals surface area contributed by atoms with Crippen LogP contribution in [0.2, 0.25) is 0 Å². The fourth-order valence-corrected chi connectivity index (χ4v) is 4.04. The monoisotopic (exact) mass is 442 g/mol. The number of benzene rings is 2. The zero-order valence-corrected chi connectivity index (χ0v) is 18.1. The Morgan fingerprint density at radius 3 is 2.81 bits per heavy atom. The molecule has 0 saturated heterocycles. The van der Waals surface area contributed by atoms with Gasteiger partial charge in [-0.05, 0) is 50.0 Å². The first-order valence-corrected chi connectivity index (χ1v) is 10.5. The third-order valence-corrected chi connectivity index (χ3v) is 5.79. The van der Waals surface area contributed by atoms with E-state index in [1.165, 1.54) is 12.1 Å². The molecule has 0 fully saturated rings. The topological polar surface area (TPSA) is 91.7 Å². The summed E-state index contributed by atoms with van der Waals surface area (Å²) < 4.78 is 5.78. The number of non-ortho nitro benzene ring substituents is 1. The van der Waals surface area contributed by atoms with Crippen LogP contribution in [0.3, 0.4) is 0 Å². The number of nitro groups is 1. The van der Waals surface area contributed by atoms with E-state index < -0.39 is 4.92 Å². The van der Waals surface area contributed by atoms with E-state index in [1.807, 2.05) is 37.2 Å². The number of nitrogens with zero attached hydrogens (tertiary/aromatic N) is 3. The van der Waals surface area contributed by atoms with Gasteiger partial charge in [0, 0.05) is 47.9 Å². The predicted octanol–water partition coefficient (Wildman–Crippen LogP) is 4.00. The van der Waals surface area contributed by atoms with Crippen LogP contribution in [0.25, 0.3) is 10.9 Å². The van der Waals surface area contributed by atoms with Crippen molar-refractivity contribution in [2.24, 2.45) is 0 Å². The van der Waals surface area contributed by atoms with E-state index in [2.05, 4.69) is 4.98 Å². The molecule has 1 amide bonds. The van der Waals surface area contributed by atoms with Crippen LogP contribution in [-0.4, -0.2) is 60.4 Å². The number of halogens is 1. The van der Waals surface area contributed by atoms with E-state index in [4.69, 9.17) is 16.3 Å². The number of carbonyl (C=O) groups excluding carboxylic acids is 1. The Balaban J connectivity index is 1.61. The number of likely N-dealkylation sites (N-methyl/N-ethyl adjacent to an activating group) is 1. The third kappa shape index (κ3) is 4.22. The number of aromatic nitrogens is 1. The zero-order chi connectivity index (χ0) is 22.1. The summed E-state index contributed by atoms with van der Waals surface area (Å²) >= 11 is 6.10. The molecule has 0 saturated carbocycles. The summed E-state index contributed by atoms with van der Waals surface area (Å²) in [4.78, 5) is 30.8. The number of rotatable bonds is 7. The van der Waals surface area contributed by atoms with Gasteiger partial charge in [-0.3, -0.25) is 14.9 Å². The predicted molar refractivity (Wildman–Crippen MR) is 121 cm³/mol. The number of aromatic amines is 1. The van der Waals surface area contributed by atoms with E-state index in [0.29, 0.717) is 30.4 Å². The molecule has 2 aromatic carbocycles. The van der Waals surface area contributed by atoms with E-state index >= 15 is 0 Å². The van der Waals surface area contributed by atoms with Crippen molar-refractivity contribution in [3.8, 4) is 5.75 Å². The van der Waals surface area contributed by atoms with Crippen LogP contribution in [0, 0.1) is 10.1 Å². The molecular formula is C22H23ClN4O4. The van der Waals surface area contributed by atoms with Crippen molar-refractivity contribution >= 4 is 39.8 Å². The Bertz CT molecular complexity index is 1140. The number of fused-ring (bicyclic) bond motifs is 2. The van der Waals surface area contributed by atoms with Gasteiger partial charge in [0.25, 0.3) is 11.6 Å². The van der Waals surface area contributed by atoms with Crippen molar-refractivity contribution < 1.29 is 14.5 Å². The molecular weight excluding hydrogens is 420 g/mol. The molecule has 1 unspecified atom stereocenters. The Hall–Kier alpha value is -3.10. The third-order valence-electron chi connectivity index (χ3n) is 5.42. The van der Waals surface area contributed by atoms with Gasteiger partial charge in [0.15, 0.2) is 0 Å². The lowest BCUT2D eigenvalue weighted by Crippen LogP contribution is -2.30. The molecule has 1 aliphatic heterocycles. The van der Waals surface area contributed by atoms with Gasteiger partial charge in [-0.1, -0.05) is 0 Å². The maximum absolute atomic E-state index is 13.3. The van der Waals surface area contributed by atoms with Gasteiger partial charge in [-0.2, -0.15) is 0 Å². The first-order valence-electron chi connectivity index (χ1n) is 9.94. The van der Waals surface area contributed by atoms with Crippen molar-refractivity contribution in [2.75, 3.05) is 44.6 Å². The van der Waals surface area contributed by atoms with Gasteiger partial charge in [-0.25, -0.2) is 0 Å². The summed E-state index contributed by atoms with van der Waals surface area (Å²) in [6.07, 6.45) is 0. The zero-order valence-electron chi connectivity index (χ0n) is 17.3. The van der Waals surface area contributed by atoms with Gasteiger partial charge in [0.05, 0.1) is 10.6 Å². The summed E-state index contributed by atoms with van der Waals surface area (Å²) in [5.41, 5.74) is 2.56. The maximum Gasteiger partial charge on any atom is 0.274 e. The van der Waals surface area contributed by atoms with Crippen LogP contribution in [0.15, 0.2) is 42.5 Å². The molecule has 1 N–H and O–H groups in total. The van der Waals surface area contributed by atoms with Crippen LogP contribution in [0.5, 0.6) is 5.75 Å². The molecule has 1 atom stereocenters. The van der Waals surface area contributed by atoms with Crippen LogP contribution >= 0.6 is 11.6 Å². The summed E-state index contributed by atoms with van der Waals surface area (Å²) in [5, 5.41) is 12.1. The Kier molecular flexibility index (Phi) is 5.84. The number of amides is 1. The minimum absolute atomic E-state index is 0.0528. The fraction of sp³-hybridized carbons (Fsp3) is 0.318. The highest BCUT2D eigenvalue weighted by Crippen LogP contribution is 2.40. The highest BCUT2D eigenvalue weighted by atomic mass is 35.5. The number of nitrogens with one attached hydrogen (secondary N) is 1. The second-order valence-corrected chi connectivity index (χ2v) is 8.16. The molecule has 3 aromatic rings. The van der Waals surface area contributed by atoms with Gasteiger partial charge in [-0.15, -0.1) is 11.6 Å². The molecule has 0 bridgehead atoms. The first kappa shape index (κ1) is 21.1. The van der Waals surface area contributed by atoms with Crippen molar-refractivity contribution in [3.05, 3.63) is 63.8 Å². The normalized spacial score (nSPS) is 15.5. The summed E-state index contributed by atoms with van der Waals surface area (Å²) in [5.74, 6) is 0.745. The molecule has 2 heterocycles. The molecule has 0 spiro atoms. The summed E-state index contributed by atoms with van der Waals surface area (Å²) in [6.45, 7) is 1.75. The lowest BCUT2D eigenvalue weighted by atomic mass is 10.0. The van der Waals surface area contributed by atoms with Gasteiger partial charge in [0.1, 0.15) is 18.1 Å². The molecule has 1 aliphatic rings. The minimum atomic E-state index is -0.461. The molecule has 1 aromatic heterocycles. The van der Waals surface area contributed by atoms with Crippen molar-refractivity contribution in [1.82, 2.24) is 9.88 Å². The standard InChI is InChI=1S/C22H23ClN4O4/c1-25(2)7-8-31-17-4-6-19-14(9-17)10-20(24-19)22(28)26-13-15(12-23)18-5-3-16(27(29)30)11-21(18)26/h3-6,9-11,15,24H,7-8,12-13H2,1-2H3. The average Bonchev–Trinajstić information content (AvgIpc) is 3.33. The fourth-order valence-electron chi connectivity index (χ4n) is 3.77. The number of hydrogen-bond acceptors (Lipinski definition) is 5. The quantitative estimate of drug-likeness (QED) is 0.339. The number of anilines is 1. The van der Waals surface area contributed by atoms with Crippen molar-refractivity contribution in [3.63, 3.8) is 0 Å². The number of alkyl halides is 1. The summed E-state index contributed by atoms with van der Waals surface area (Å²) in [6, 6.07) is 12.0. The van der Waals surface area contributed by atoms with Gasteiger partial charge >= 0.3 is 0 Å². The molecule has 162 valence electrons. The number of nitro benzene ring substituents is 1. The average molecular weight is 443 g/mol. The van der Waals surface area contributed by atoms with E-state index in [-0.39, 0.29) is 17.5 Å². The molecule has 0 radical (unpaired) electrons. The number of H-pyrrole nitrogens is 1. The van der Waals surface area contributed by atoms with Crippen LogP contribution < -0.4 is 9.64 Å². The Labute approximate surface area is 184 Å². The van der Waals surface area contributed by atoms with Gasteiger partial charge < -0.3 is 19.5 Å². The summed E-state index contributed by atoms with van der Waals surface area (Å²) in [7, 11) is 3.97. The Morgan fingerprint density at radius 2 is 2.10 bits per heavy atom. The molecule has 8 nitrogen and oxygen atoms in total. The molecule has 31 heavy (non-hydrogen) atoms. The smallest absolute Gasteiger partial charge is 0.274 e. The highest BCUT2D eigenvalue weighted by molar-refractivity contribution is 6.19. The van der Waals surface area contributed by atoms with Crippen LogP contribution in [-0.2, 0) is 0 Å². The number of hydrogen-bond donors (Lipinski definition) is 1. The van der Waals surface area contributed by atoms with E-state index in [1.54, 1.807) is 17.0 Å². The number of carbonyl (C=O) groups is 1. The van der Waals surface area contributed by atoms with Crippen molar-refractivity contribution in [1.29, 1.82) is 0 Å².